The molecule has 5 aliphatic rings. The average molecular weight is 237 g/mol. The average Bonchev–Trinajstić information content (AvgIpc) is 2.77. The van der Waals surface area contributed by atoms with Crippen LogP contribution in [0.3, 0.4) is 0 Å². The highest BCUT2D eigenvalue weighted by Crippen LogP contribution is 2.59. The molecule has 3 heteroatoms. The monoisotopic (exact) mass is 237 g/mol. The van der Waals surface area contributed by atoms with Gasteiger partial charge in [-0.25, -0.2) is 0 Å². The van der Waals surface area contributed by atoms with E-state index in [4.69, 9.17) is 0 Å². The second kappa shape index (κ2) is 3.46. The molecule has 4 bridgehead atoms. The van der Waals surface area contributed by atoms with Gasteiger partial charge in [-0.05, 0) is 68.7 Å². The summed E-state index contributed by atoms with van der Waals surface area (Å²) in [5.41, 5.74) is -0.731. The predicted octanol–water partition coefficient (Wildman–Crippen LogP) is 0.896. The topological polar surface area (TPSA) is 52.5 Å². The van der Waals surface area contributed by atoms with Gasteiger partial charge in [0.1, 0.15) is 0 Å². The summed E-state index contributed by atoms with van der Waals surface area (Å²) in [7, 11) is 0. The predicted molar refractivity (Wildman–Crippen MR) is 64.4 cm³/mol. The van der Waals surface area contributed by atoms with Crippen LogP contribution in [0.1, 0.15) is 38.5 Å². The zero-order chi connectivity index (χ0) is 11.6. The van der Waals surface area contributed by atoms with E-state index in [9.17, 15) is 10.2 Å². The van der Waals surface area contributed by atoms with Gasteiger partial charge >= 0.3 is 0 Å². The highest BCUT2D eigenvalue weighted by atomic mass is 16.3. The van der Waals surface area contributed by atoms with Crippen molar-refractivity contribution in [1.29, 1.82) is 0 Å². The van der Waals surface area contributed by atoms with Gasteiger partial charge in [-0.1, -0.05) is 0 Å². The molecule has 17 heavy (non-hydrogen) atoms. The van der Waals surface area contributed by atoms with Crippen molar-refractivity contribution in [3.63, 3.8) is 0 Å². The maximum absolute atomic E-state index is 10.6. The van der Waals surface area contributed by atoms with Gasteiger partial charge < -0.3 is 15.5 Å². The van der Waals surface area contributed by atoms with Crippen LogP contribution < -0.4 is 5.32 Å². The lowest BCUT2D eigenvalue weighted by molar-refractivity contribution is -0.224. The Bertz CT molecular complexity index is 310. The zero-order valence-electron chi connectivity index (χ0n) is 10.3. The molecular formula is C14H23NO2. The first-order valence-electron chi connectivity index (χ1n) is 7.31. The molecule has 0 spiro atoms. The fourth-order valence-electron chi connectivity index (χ4n) is 5.64. The number of hydrogen-bond donors (Lipinski definition) is 3. The minimum absolute atomic E-state index is 0.384. The molecule has 0 aromatic heterocycles. The van der Waals surface area contributed by atoms with Gasteiger partial charge in [0.2, 0.25) is 0 Å². The zero-order valence-corrected chi connectivity index (χ0v) is 10.3. The lowest BCUT2D eigenvalue weighted by Gasteiger charge is -2.61. The first kappa shape index (κ1) is 10.8. The molecule has 3 unspecified atom stereocenters. The normalized spacial score (nSPS) is 61.1. The Morgan fingerprint density at radius 3 is 2.29 bits per heavy atom. The quantitative estimate of drug-likeness (QED) is 0.635. The summed E-state index contributed by atoms with van der Waals surface area (Å²) in [6.45, 7) is 1.18. The second-order valence-corrected chi connectivity index (χ2v) is 6.99. The Morgan fingerprint density at radius 2 is 1.76 bits per heavy atom. The van der Waals surface area contributed by atoms with Crippen molar-refractivity contribution in [3.8, 4) is 0 Å². The largest absolute Gasteiger partial charge is 0.390 e. The molecule has 4 saturated carbocycles. The summed E-state index contributed by atoms with van der Waals surface area (Å²) < 4.78 is 0. The van der Waals surface area contributed by atoms with Crippen molar-refractivity contribution in [2.45, 2.75) is 56.3 Å². The summed E-state index contributed by atoms with van der Waals surface area (Å²) in [6, 6.07) is 0.700. The van der Waals surface area contributed by atoms with Crippen LogP contribution in [0, 0.1) is 23.7 Å². The first-order valence-corrected chi connectivity index (χ1v) is 7.31. The standard InChI is InChI=1S/C14H23NO2/c16-13-8-4-9-6-14(13,17)7-10(5-8)12(9)11-2-1-3-15-11/h8-13,15-17H,1-7H2/t8?,9?,10?,11?,12?,13-,14?/m1/s1. The number of rotatable bonds is 1. The number of aliphatic hydroxyl groups excluding tert-OH is 1. The van der Waals surface area contributed by atoms with E-state index >= 15 is 0 Å². The lowest BCUT2D eigenvalue weighted by Crippen LogP contribution is -2.65. The minimum atomic E-state index is -0.731. The number of hydrogen-bond acceptors (Lipinski definition) is 3. The van der Waals surface area contributed by atoms with Gasteiger partial charge in [0, 0.05) is 6.04 Å². The maximum Gasteiger partial charge on any atom is 0.0913 e. The van der Waals surface area contributed by atoms with E-state index in [1.165, 1.54) is 19.4 Å². The van der Waals surface area contributed by atoms with Gasteiger partial charge in [0.05, 0.1) is 11.7 Å². The molecule has 3 N–H and O–H groups in total. The van der Waals surface area contributed by atoms with Crippen molar-refractivity contribution >= 4 is 0 Å². The summed E-state index contributed by atoms with van der Waals surface area (Å²) in [4.78, 5) is 0. The Balaban J connectivity index is 1.62. The first-order chi connectivity index (χ1) is 8.17. The molecule has 1 saturated heterocycles. The minimum Gasteiger partial charge on any atom is -0.390 e. The Labute approximate surface area is 103 Å². The van der Waals surface area contributed by atoms with Crippen LogP contribution in [0.5, 0.6) is 0 Å². The van der Waals surface area contributed by atoms with Crippen LogP contribution in [0.4, 0.5) is 0 Å². The summed E-state index contributed by atoms with van der Waals surface area (Å²) >= 11 is 0. The van der Waals surface area contributed by atoms with E-state index in [1.807, 2.05) is 0 Å². The van der Waals surface area contributed by atoms with E-state index in [0.29, 0.717) is 23.8 Å². The molecule has 1 heterocycles. The Kier molecular flexibility index (Phi) is 2.19. The third-order valence-corrected chi connectivity index (χ3v) is 6.09. The molecule has 0 radical (unpaired) electrons. The highest BCUT2D eigenvalue weighted by Gasteiger charge is 2.60. The smallest absolute Gasteiger partial charge is 0.0913 e. The van der Waals surface area contributed by atoms with Crippen molar-refractivity contribution in [2.24, 2.45) is 23.7 Å². The van der Waals surface area contributed by atoms with Crippen LogP contribution in [-0.4, -0.2) is 34.5 Å². The van der Waals surface area contributed by atoms with Gasteiger partial charge in [-0.15, -0.1) is 0 Å². The molecule has 4 atom stereocenters. The van der Waals surface area contributed by atoms with E-state index in [0.717, 1.165) is 31.6 Å². The van der Waals surface area contributed by atoms with Crippen LogP contribution in [0.15, 0.2) is 0 Å². The van der Waals surface area contributed by atoms with E-state index in [-0.39, 0.29) is 0 Å². The van der Waals surface area contributed by atoms with Gasteiger partial charge in [0.15, 0.2) is 0 Å². The molecule has 5 rings (SSSR count). The molecular weight excluding hydrogens is 214 g/mol. The molecule has 96 valence electrons. The fourth-order valence-corrected chi connectivity index (χ4v) is 5.64. The molecule has 0 aromatic rings. The SMILES string of the molecule is O[C@@H]1C2CC3CC1(O)CC(C2)C3C1CCCN1. The lowest BCUT2D eigenvalue weighted by atomic mass is 9.48. The summed E-state index contributed by atoms with van der Waals surface area (Å²) in [6.07, 6.45) is 6.22. The van der Waals surface area contributed by atoms with Crippen molar-refractivity contribution in [3.05, 3.63) is 0 Å². The molecule has 1 aliphatic heterocycles. The van der Waals surface area contributed by atoms with E-state index in [2.05, 4.69) is 5.32 Å². The third-order valence-electron chi connectivity index (χ3n) is 6.09. The highest BCUT2D eigenvalue weighted by molar-refractivity contribution is 5.12. The van der Waals surface area contributed by atoms with Crippen molar-refractivity contribution < 1.29 is 10.2 Å². The van der Waals surface area contributed by atoms with Gasteiger partial charge in [0.25, 0.3) is 0 Å². The number of aliphatic hydroxyl groups is 2. The van der Waals surface area contributed by atoms with Crippen molar-refractivity contribution in [1.82, 2.24) is 5.32 Å². The Morgan fingerprint density at radius 1 is 1.06 bits per heavy atom. The fraction of sp³-hybridized carbons (Fsp3) is 1.00. The molecule has 5 fully saturated rings. The van der Waals surface area contributed by atoms with Gasteiger partial charge in [-0.2, -0.15) is 0 Å². The van der Waals surface area contributed by atoms with Crippen LogP contribution in [-0.2, 0) is 0 Å². The second-order valence-electron chi connectivity index (χ2n) is 6.99. The summed E-state index contributed by atoms with van der Waals surface area (Å²) in [5.74, 6) is 2.49. The molecule has 0 amide bonds. The van der Waals surface area contributed by atoms with Crippen LogP contribution in [0.2, 0.25) is 0 Å². The molecule has 4 aliphatic carbocycles. The van der Waals surface area contributed by atoms with Crippen LogP contribution in [0.25, 0.3) is 0 Å². The van der Waals surface area contributed by atoms with Gasteiger partial charge in [-0.3, -0.25) is 0 Å². The summed E-state index contributed by atoms with van der Waals surface area (Å²) in [5, 5.41) is 24.4. The molecule has 3 nitrogen and oxygen atoms in total. The third kappa shape index (κ3) is 1.39. The number of nitrogens with one attached hydrogen (secondary N) is 1. The van der Waals surface area contributed by atoms with E-state index in [1.54, 1.807) is 0 Å². The van der Waals surface area contributed by atoms with Crippen molar-refractivity contribution in [2.75, 3.05) is 6.54 Å². The molecule has 0 aromatic carbocycles. The maximum atomic E-state index is 10.6. The van der Waals surface area contributed by atoms with Crippen LogP contribution >= 0.6 is 0 Å². The Hall–Kier alpha value is -0.120. The van der Waals surface area contributed by atoms with E-state index < -0.39 is 11.7 Å².